The minimum absolute atomic E-state index is 0.0847. The number of aryl methyl sites for hydroxylation is 1. The van der Waals surface area contributed by atoms with Crippen LogP contribution in [0.1, 0.15) is 49.3 Å². The third-order valence-electron chi connectivity index (χ3n) is 3.99. The van der Waals surface area contributed by atoms with E-state index < -0.39 is 0 Å². The van der Waals surface area contributed by atoms with Crippen LogP contribution in [0, 0.1) is 18.7 Å². The molecule has 2 rings (SSSR count). The number of nitrogens with one attached hydrogen (secondary N) is 1. The Kier molecular flexibility index (Phi) is 4.16. The number of benzene rings is 1. The fourth-order valence-corrected chi connectivity index (χ4v) is 2.94. The van der Waals surface area contributed by atoms with Crippen LogP contribution < -0.4 is 5.32 Å². The van der Waals surface area contributed by atoms with Crippen molar-refractivity contribution in [2.45, 2.75) is 45.1 Å². The molecule has 2 heteroatoms. The van der Waals surface area contributed by atoms with Gasteiger partial charge in [-0.1, -0.05) is 31.4 Å². The van der Waals surface area contributed by atoms with E-state index >= 15 is 0 Å². The normalized spacial score (nSPS) is 19.2. The molecular formula is C15H22FN. The third kappa shape index (κ3) is 2.86. The van der Waals surface area contributed by atoms with E-state index in [-0.39, 0.29) is 5.82 Å². The van der Waals surface area contributed by atoms with Gasteiger partial charge in [0.05, 0.1) is 0 Å². The summed E-state index contributed by atoms with van der Waals surface area (Å²) in [5.74, 6) is 0.578. The molecule has 0 aromatic heterocycles. The quantitative estimate of drug-likeness (QED) is 0.835. The lowest BCUT2D eigenvalue weighted by Crippen LogP contribution is -2.27. The molecule has 1 nitrogen and oxygen atoms in total. The topological polar surface area (TPSA) is 12.0 Å². The van der Waals surface area contributed by atoms with Gasteiger partial charge < -0.3 is 5.32 Å². The Balaban J connectivity index is 2.18. The Morgan fingerprint density at radius 1 is 1.24 bits per heavy atom. The molecule has 1 atom stereocenters. The lowest BCUT2D eigenvalue weighted by molar-refractivity contribution is 0.281. The van der Waals surface area contributed by atoms with Crippen LogP contribution >= 0.6 is 0 Å². The Morgan fingerprint density at radius 2 is 1.94 bits per heavy atom. The van der Waals surface area contributed by atoms with Crippen molar-refractivity contribution in [2.24, 2.45) is 5.92 Å². The van der Waals surface area contributed by atoms with Crippen molar-refractivity contribution in [3.05, 3.63) is 35.1 Å². The molecule has 1 saturated carbocycles. The standard InChI is InChI=1S/C15H22FN/c1-11-8-9-13(10-14(11)16)15(17-2)12-6-4-3-5-7-12/h8-10,12,15,17H,3-7H2,1-2H3. The van der Waals surface area contributed by atoms with Gasteiger partial charge in [0.1, 0.15) is 5.82 Å². The highest BCUT2D eigenvalue weighted by Gasteiger charge is 2.24. The number of rotatable bonds is 3. The summed E-state index contributed by atoms with van der Waals surface area (Å²) >= 11 is 0. The van der Waals surface area contributed by atoms with Crippen LogP contribution in [0.2, 0.25) is 0 Å². The first-order valence-electron chi connectivity index (χ1n) is 6.65. The van der Waals surface area contributed by atoms with Gasteiger partial charge in [0, 0.05) is 6.04 Å². The van der Waals surface area contributed by atoms with Crippen molar-refractivity contribution in [2.75, 3.05) is 7.05 Å². The molecule has 1 aromatic rings. The average molecular weight is 235 g/mol. The van der Waals surface area contributed by atoms with Crippen molar-refractivity contribution >= 4 is 0 Å². The predicted molar refractivity (Wildman–Crippen MR) is 69.5 cm³/mol. The van der Waals surface area contributed by atoms with Crippen molar-refractivity contribution < 1.29 is 4.39 Å². The second-order valence-corrected chi connectivity index (χ2v) is 5.17. The summed E-state index contributed by atoms with van der Waals surface area (Å²) in [6.45, 7) is 1.81. The highest BCUT2D eigenvalue weighted by molar-refractivity contribution is 5.26. The zero-order valence-electron chi connectivity index (χ0n) is 10.8. The summed E-state index contributed by atoms with van der Waals surface area (Å²) < 4.78 is 13.6. The number of hydrogen-bond acceptors (Lipinski definition) is 1. The molecule has 0 heterocycles. The molecule has 1 aromatic carbocycles. The molecule has 0 amide bonds. The van der Waals surface area contributed by atoms with E-state index in [1.54, 1.807) is 6.07 Å². The summed E-state index contributed by atoms with van der Waals surface area (Å²) in [7, 11) is 1.98. The van der Waals surface area contributed by atoms with Gasteiger partial charge in [-0.25, -0.2) is 4.39 Å². The first-order chi connectivity index (χ1) is 8.22. The molecule has 1 aliphatic carbocycles. The number of hydrogen-bond donors (Lipinski definition) is 1. The fraction of sp³-hybridized carbons (Fsp3) is 0.600. The number of halogens is 1. The van der Waals surface area contributed by atoms with E-state index in [0.717, 1.165) is 11.1 Å². The Bertz CT molecular complexity index is 369. The van der Waals surface area contributed by atoms with Crippen LogP contribution in [0.4, 0.5) is 4.39 Å². The van der Waals surface area contributed by atoms with Crippen LogP contribution in [0.15, 0.2) is 18.2 Å². The second-order valence-electron chi connectivity index (χ2n) is 5.17. The van der Waals surface area contributed by atoms with Crippen LogP contribution in [-0.2, 0) is 0 Å². The SMILES string of the molecule is CNC(c1ccc(C)c(F)c1)C1CCCCC1. The summed E-state index contributed by atoms with van der Waals surface area (Å²) in [5.41, 5.74) is 1.83. The summed E-state index contributed by atoms with van der Waals surface area (Å²) in [6, 6.07) is 5.96. The monoisotopic (exact) mass is 235 g/mol. The minimum atomic E-state index is -0.0847. The summed E-state index contributed by atoms with van der Waals surface area (Å²) in [4.78, 5) is 0. The van der Waals surface area contributed by atoms with Crippen molar-refractivity contribution in [3.8, 4) is 0 Å². The van der Waals surface area contributed by atoms with Crippen LogP contribution in [0.3, 0.4) is 0 Å². The van der Waals surface area contributed by atoms with Gasteiger partial charge in [-0.05, 0) is 49.9 Å². The molecule has 0 spiro atoms. The van der Waals surface area contributed by atoms with E-state index in [0.29, 0.717) is 12.0 Å². The third-order valence-corrected chi connectivity index (χ3v) is 3.99. The van der Waals surface area contributed by atoms with Gasteiger partial charge in [0.2, 0.25) is 0 Å². The van der Waals surface area contributed by atoms with Gasteiger partial charge in [-0.2, -0.15) is 0 Å². The maximum atomic E-state index is 13.6. The highest BCUT2D eigenvalue weighted by atomic mass is 19.1. The zero-order chi connectivity index (χ0) is 12.3. The highest BCUT2D eigenvalue weighted by Crippen LogP contribution is 2.34. The average Bonchev–Trinajstić information content (AvgIpc) is 2.36. The largest absolute Gasteiger partial charge is 0.313 e. The lowest BCUT2D eigenvalue weighted by atomic mass is 9.81. The molecule has 1 aliphatic rings. The van der Waals surface area contributed by atoms with E-state index in [4.69, 9.17) is 0 Å². The molecule has 94 valence electrons. The summed E-state index contributed by atoms with van der Waals surface area (Å²) in [6.07, 6.45) is 6.52. The van der Waals surface area contributed by atoms with Gasteiger partial charge in [-0.15, -0.1) is 0 Å². The van der Waals surface area contributed by atoms with Gasteiger partial charge in [0.25, 0.3) is 0 Å². The molecule has 17 heavy (non-hydrogen) atoms. The second kappa shape index (κ2) is 5.63. The van der Waals surface area contributed by atoms with Crippen LogP contribution in [-0.4, -0.2) is 7.05 Å². The van der Waals surface area contributed by atoms with E-state index in [2.05, 4.69) is 11.4 Å². The Labute approximate surface area is 103 Å². The summed E-state index contributed by atoms with van der Waals surface area (Å²) in [5, 5.41) is 3.37. The molecule has 1 unspecified atom stereocenters. The maximum Gasteiger partial charge on any atom is 0.126 e. The first-order valence-corrected chi connectivity index (χ1v) is 6.65. The van der Waals surface area contributed by atoms with E-state index in [1.165, 1.54) is 32.1 Å². The maximum absolute atomic E-state index is 13.6. The molecule has 1 fully saturated rings. The van der Waals surface area contributed by atoms with Crippen LogP contribution in [0.25, 0.3) is 0 Å². The van der Waals surface area contributed by atoms with Crippen molar-refractivity contribution in [1.82, 2.24) is 5.32 Å². The Hall–Kier alpha value is -0.890. The molecule has 0 saturated heterocycles. The molecular weight excluding hydrogens is 213 g/mol. The van der Waals surface area contributed by atoms with Gasteiger partial charge in [0.15, 0.2) is 0 Å². The van der Waals surface area contributed by atoms with Crippen LogP contribution in [0.5, 0.6) is 0 Å². The minimum Gasteiger partial charge on any atom is -0.313 e. The molecule has 0 bridgehead atoms. The lowest BCUT2D eigenvalue weighted by Gasteiger charge is -2.30. The smallest absolute Gasteiger partial charge is 0.126 e. The van der Waals surface area contributed by atoms with E-state index in [1.807, 2.05) is 20.0 Å². The first kappa shape index (κ1) is 12.6. The predicted octanol–water partition coefficient (Wildman–Crippen LogP) is 3.97. The van der Waals surface area contributed by atoms with Crippen molar-refractivity contribution in [1.29, 1.82) is 0 Å². The Morgan fingerprint density at radius 3 is 2.53 bits per heavy atom. The van der Waals surface area contributed by atoms with E-state index in [9.17, 15) is 4.39 Å². The fourth-order valence-electron chi connectivity index (χ4n) is 2.94. The molecule has 0 aliphatic heterocycles. The zero-order valence-corrected chi connectivity index (χ0v) is 10.8. The molecule has 1 N–H and O–H groups in total. The van der Waals surface area contributed by atoms with Crippen molar-refractivity contribution in [3.63, 3.8) is 0 Å². The van der Waals surface area contributed by atoms with Gasteiger partial charge >= 0.3 is 0 Å². The van der Waals surface area contributed by atoms with Gasteiger partial charge in [-0.3, -0.25) is 0 Å². The molecule has 0 radical (unpaired) electrons.